The van der Waals surface area contributed by atoms with Crippen LogP contribution in [-0.4, -0.2) is 14.9 Å². The molecule has 0 aliphatic heterocycles. The summed E-state index contributed by atoms with van der Waals surface area (Å²) >= 11 is 0. The van der Waals surface area contributed by atoms with Crippen molar-refractivity contribution in [3.63, 3.8) is 0 Å². The number of rotatable bonds is 1. The molecule has 0 amide bonds. The Bertz CT molecular complexity index is 283. The molecule has 6 heteroatoms. The van der Waals surface area contributed by atoms with Crippen LogP contribution in [0.5, 0.6) is 0 Å². The number of hydrogen-bond acceptors (Lipinski definition) is 4. The molecule has 0 fully saturated rings. The molecule has 0 bridgehead atoms. The van der Waals surface area contributed by atoms with Crippen molar-refractivity contribution in [2.75, 3.05) is 0 Å². The number of nitro groups is 1. The minimum absolute atomic E-state index is 0. The third kappa shape index (κ3) is 2.28. The van der Waals surface area contributed by atoms with Gasteiger partial charge < -0.3 is 9.97 Å². The van der Waals surface area contributed by atoms with E-state index in [9.17, 15) is 10.1 Å². The van der Waals surface area contributed by atoms with Crippen molar-refractivity contribution in [1.29, 1.82) is 0 Å². The Morgan fingerprint density at radius 3 is 2.00 bits per heavy atom. The maximum absolute atomic E-state index is 10.4. The summed E-state index contributed by atoms with van der Waals surface area (Å²) in [6.45, 7) is 3.12. The molecule has 5 nitrogen and oxygen atoms in total. The van der Waals surface area contributed by atoms with Crippen LogP contribution in [-0.2, 0) is 32.7 Å². The van der Waals surface area contributed by atoms with E-state index in [1.54, 1.807) is 13.8 Å². The molecule has 0 atom stereocenters. The SMILES string of the molecule is Cc1n[c-]nc(C)c1[N+](=O)[O-].[Y]. The predicted molar refractivity (Wildman–Crippen MR) is 37.0 cm³/mol. The zero-order valence-corrected chi connectivity index (χ0v) is 9.57. The van der Waals surface area contributed by atoms with Crippen molar-refractivity contribution in [3.05, 3.63) is 27.8 Å². The van der Waals surface area contributed by atoms with Gasteiger partial charge in [0.25, 0.3) is 0 Å². The minimum atomic E-state index is -0.488. The Kier molecular flexibility index (Phi) is 4.41. The van der Waals surface area contributed by atoms with E-state index >= 15 is 0 Å². The summed E-state index contributed by atoms with van der Waals surface area (Å²) in [6, 6.07) is 0. The van der Waals surface area contributed by atoms with Crippen LogP contribution in [0.3, 0.4) is 0 Å². The maximum atomic E-state index is 10.4. The van der Waals surface area contributed by atoms with Gasteiger partial charge in [0.1, 0.15) is 0 Å². The molecule has 0 aliphatic carbocycles. The van der Waals surface area contributed by atoms with E-state index in [1.807, 2.05) is 0 Å². The van der Waals surface area contributed by atoms with E-state index in [-0.39, 0.29) is 38.4 Å². The van der Waals surface area contributed by atoms with Crippen molar-refractivity contribution in [2.45, 2.75) is 13.8 Å². The third-order valence-corrected chi connectivity index (χ3v) is 1.30. The number of nitrogens with zero attached hydrogens (tertiary/aromatic N) is 3. The van der Waals surface area contributed by atoms with Gasteiger partial charge in [0, 0.05) is 55.3 Å². The fourth-order valence-electron chi connectivity index (χ4n) is 0.807. The van der Waals surface area contributed by atoms with E-state index in [0.29, 0.717) is 11.4 Å². The maximum Gasteiger partial charge on any atom is 0.206 e. The largest absolute Gasteiger partial charge is 0.364 e. The summed E-state index contributed by atoms with van der Waals surface area (Å²) in [6.07, 6.45) is 2.32. The van der Waals surface area contributed by atoms with Crippen molar-refractivity contribution in [2.24, 2.45) is 0 Å². The second-order valence-corrected chi connectivity index (χ2v) is 2.10. The van der Waals surface area contributed by atoms with Crippen LogP contribution in [0.15, 0.2) is 0 Å². The van der Waals surface area contributed by atoms with Gasteiger partial charge in [-0.25, -0.2) is 0 Å². The molecule has 1 aromatic heterocycles. The van der Waals surface area contributed by atoms with Gasteiger partial charge in [-0.3, -0.25) is 10.1 Å². The fraction of sp³-hybridized carbons (Fsp3) is 0.333. The van der Waals surface area contributed by atoms with E-state index in [4.69, 9.17) is 0 Å². The van der Waals surface area contributed by atoms with Gasteiger partial charge in [0.05, 0.1) is 0 Å². The average molecular weight is 241 g/mol. The van der Waals surface area contributed by atoms with Gasteiger partial charge in [-0.2, -0.15) is 0 Å². The summed E-state index contributed by atoms with van der Waals surface area (Å²) in [5, 5.41) is 10.4. The standard InChI is InChI=1S/C6H6N3O2.Y/c1-4-6(9(10)11)5(2)8-3-7-4;/h1-2H3;/q-1;. The summed E-state index contributed by atoms with van der Waals surface area (Å²) in [4.78, 5) is 17.0. The number of hydrogen-bond donors (Lipinski definition) is 0. The molecule has 1 aromatic rings. The van der Waals surface area contributed by atoms with Crippen LogP contribution < -0.4 is 0 Å². The minimum Gasteiger partial charge on any atom is -0.364 e. The summed E-state index contributed by atoms with van der Waals surface area (Å²) < 4.78 is 0. The second kappa shape index (κ2) is 4.57. The zero-order valence-electron chi connectivity index (χ0n) is 6.74. The smallest absolute Gasteiger partial charge is 0.206 e. The first-order chi connectivity index (χ1) is 5.13. The molecule has 1 heterocycles. The Morgan fingerprint density at radius 2 is 1.75 bits per heavy atom. The molecule has 0 saturated heterocycles. The molecule has 0 unspecified atom stereocenters. The molecule has 0 spiro atoms. The van der Waals surface area contributed by atoms with Crippen molar-refractivity contribution >= 4 is 5.69 Å². The van der Waals surface area contributed by atoms with Crippen LogP contribution in [0.1, 0.15) is 11.4 Å². The van der Waals surface area contributed by atoms with Crippen LogP contribution in [0.4, 0.5) is 5.69 Å². The molecule has 0 saturated carbocycles. The second-order valence-electron chi connectivity index (χ2n) is 2.10. The molecule has 1 rings (SSSR count). The molecule has 0 aromatic carbocycles. The molecular weight excluding hydrogens is 235 g/mol. The Morgan fingerprint density at radius 1 is 1.33 bits per heavy atom. The zero-order chi connectivity index (χ0) is 8.43. The van der Waals surface area contributed by atoms with Gasteiger partial charge in [0.2, 0.25) is 5.69 Å². The fourth-order valence-corrected chi connectivity index (χ4v) is 0.807. The van der Waals surface area contributed by atoms with E-state index < -0.39 is 4.92 Å². The summed E-state index contributed by atoms with van der Waals surface area (Å²) in [5.74, 6) is 0. The van der Waals surface area contributed by atoms with E-state index in [2.05, 4.69) is 16.3 Å². The average Bonchev–Trinajstić information content (AvgIpc) is 1.85. The molecule has 1 radical (unpaired) electrons. The molecule has 61 valence electrons. The topological polar surface area (TPSA) is 68.9 Å². The first-order valence-electron chi connectivity index (χ1n) is 2.98. The Labute approximate surface area is 94.6 Å². The van der Waals surface area contributed by atoms with Gasteiger partial charge in [-0.15, -0.1) is 0 Å². The third-order valence-electron chi connectivity index (χ3n) is 1.30. The van der Waals surface area contributed by atoms with Crippen molar-refractivity contribution < 1.29 is 37.6 Å². The molecule has 12 heavy (non-hydrogen) atoms. The van der Waals surface area contributed by atoms with E-state index in [1.165, 1.54) is 0 Å². The monoisotopic (exact) mass is 241 g/mol. The first kappa shape index (κ1) is 11.6. The van der Waals surface area contributed by atoms with E-state index in [0.717, 1.165) is 0 Å². The first-order valence-corrected chi connectivity index (χ1v) is 2.98. The van der Waals surface area contributed by atoms with Crippen LogP contribution >= 0.6 is 0 Å². The van der Waals surface area contributed by atoms with Crippen LogP contribution in [0.2, 0.25) is 0 Å². The molecule has 0 N–H and O–H groups in total. The summed E-state index contributed by atoms with van der Waals surface area (Å²) in [5.41, 5.74) is 0.675. The van der Waals surface area contributed by atoms with Gasteiger partial charge >= 0.3 is 0 Å². The Balaban J connectivity index is 0.00000121. The van der Waals surface area contributed by atoms with Crippen LogP contribution in [0.25, 0.3) is 0 Å². The normalized spacial score (nSPS) is 8.83. The van der Waals surface area contributed by atoms with Crippen molar-refractivity contribution in [1.82, 2.24) is 9.97 Å². The van der Waals surface area contributed by atoms with Gasteiger partial charge in [-0.1, -0.05) is 13.8 Å². The molecule has 0 aliphatic rings. The number of aryl methyl sites for hydroxylation is 2. The molecular formula is C6H6N3O2Y-. The predicted octanol–water partition coefficient (Wildman–Crippen LogP) is 0.799. The Hall–Kier alpha value is -0.416. The number of aromatic nitrogens is 2. The summed E-state index contributed by atoms with van der Waals surface area (Å²) in [7, 11) is 0. The van der Waals surface area contributed by atoms with Crippen molar-refractivity contribution in [3.8, 4) is 0 Å². The van der Waals surface area contributed by atoms with Gasteiger partial charge in [0.15, 0.2) is 0 Å². The van der Waals surface area contributed by atoms with Crippen LogP contribution in [0, 0.1) is 30.3 Å². The van der Waals surface area contributed by atoms with Gasteiger partial charge in [-0.05, 0) is 0 Å². The quantitative estimate of drug-likeness (QED) is 0.414.